The van der Waals surface area contributed by atoms with E-state index in [0.717, 1.165) is 32.2 Å². The number of rotatable bonds is 5. The largest absolute Gasteiger partial charge is 0.393 e. The van der Waals surface area contributed by atoms with Crippen LogP contribution in [0.3, 0.4) is 0 Å². The molecule has 0 bridgehead atoms. The molecule has 0 amide bonds. The molecule has 1 fully saturated rings. The van der Waals surface area contributed by atoms with Crippen molar-refractivity contribution in [3.8, 4) is 6.07 Å². The number of nitrogens with one attached hydrogen (secondary N) is 1. The summed E-state index contributed by atoms with van der Waals surface area (Å²) in [5.74, 6) is 0.609. The van der Waals surface area contributed by atoms with E-state index in [9.17, 15) is 5.11 Å². The van der Waals surface area contributed by atoms with Crippen LogP contribution in [0.1, 0.15) is 39.0 Å². The van der Waals surface area contributed by atoms with E-state index >= 15 is 0 Å². The Balaban J connectivity index is 2.15. The second kappa shape index (κ2) is 6.00. The average molecular weight is 196 g/mol. The van der Waals surface area contributed by atoms with Gasteiger partial charge in [-0.2, -0.15) is 5.26 Å². The van der Waals surface area contributed by atoms with Gasteiger partial charge >= 0.3 is 0 Å². The second-order valence-corrected chi connectivity index (χ2v) is 4.21. The van der Waals surface area contributed by atoms with Crippen molar-refractivity contribution in [2.24, 2.45) is 5.92 Å². The highest BCUT2D eigenvalue weighted by molar-refractivity contribution is 4.82. The summed E-state index contributed by atoms with van der Waals surface area (Å²) in [6, 6.07) is 2.52. The van der Waals surface area contributed by atoms with Gasteiger partial charge in [-0.05, 0) is 38.1 Å². The van der Waals surface area contributed by atoms with Crippen LogP contribution < -0.4 is 5.32 Å². The van der Waals surface area contributed by atoms with Gasteiger partial charge in [0.05, 0.1) is 18.6 Å². The molecule has 3 unspecified atom stereocenters. The number of nitriles is 1. The van der Waals surface area contributed by atoms with E-state index in [2.05, 4.69) is 18.3 Å². The van der Waals surface area contributed by atoms with Gasteiger partial charge in [0.2, 0.25) is 0 Å². The maximum absolute atomic E-state index is 9.35. The Morgan fingerprint density at radius 2 is 2.36 bits per heavy atom. The average Bonchev–Trinajstić information content (AvgIpc) is 2.59. The normalized spacial score (nSPS) is 28.6. The van der Waals surface area contributed by atoms with Crippen molar-refractivity contribution in [2.45, 2.75) is 51.2 Å². The Hall–Kier alpha value is -0.590. The first-order valence-corrected chi connectivity index (χ1v) is 5.54. The third kappa shape index (κ3) is 3.65. The maximum Gasteiger partial charge on any atom is 0.0638 e. The molecule has 0 spiro atoms. The maximum atomic E-state index is 9.35. The fraction of sp³-hybridized carbons (Fsp3) is 0.909. The van der Waals surface area contributed by atoms with E-state index in [1.54, 1.807) is 0 Å². The van der Waals surface area contributed by atoms with E-state index < -0.39 is 0 Å². The molecule has 1 rings (SSSR count). The van der Waals surface area contributed by atoms with Crippen molar-refractivity contribution >= 4 is 0 Å². The van der Waals surface area contributed by atoms with Crippen molar-refractivity contribution in [3.63, 3.8) is 0 Å². The molecule has 0 saturated heterocycles. The molecule has 3 heteroatoms. The van der Waals surface area contributed by atoms with Crippen molar-refractivity contribution < 1.29 is 5.11 Å². The lowest BCUT2D eigenvalue weighted by atomic mass is 10.1. The molecule has 0 aromatic carbocycles. The third-order valence-electron chi connectivity index (χ3n) is 3.04. The predicted molar refractivity (Wildman–Crippen MR) is 55.7 cm³/mol. The van der Waals surface area contributed by atoms with E-state index in [-0.39, 0.29) is 6.10 Å². The number of aliphatic hydroxyl groups excluding tert-OH is 1. The van der Waals surface area contributed by atoms with Gasteiger partial charge in [0, 0.05) is 6.04 Å². The van der Waals surface area contributed by atoms with Crippen molar-refractivity contribution in [1.82, 2.24) is 5.32 Å². The minimum absolute atomic E-state index is 0.0853. The molecule has 14 heavy (non-hydrogen) atoms. The topological polar surface area (TPSA) is 56.0 Å². The molecule has 0 aromatic rings. The minimum atomic E-state index is -0.0853. The molecular formula is C11H20N2O. The molecular weight excluding hydrogens is 176 g/mol. The molecule has 2 N–H and O–H groups in total. The van der Waals surface area contributed by atoms with Crippen LogP contribution >= 0.6 is 0 Å². The van der Waals surface area contributed by atoms with Crippen molar-refractivity contribution in [2.75, 3.05) is 6.54 Å². The predicted octanol–water partition coefficient (Wildman–Crippen LogP) is 1.43. The third-order valence-corrected chi connectivity index (χ3v) is 3.04. The molecule has 1 aliphatic rings. The number of aliphatic hydroxyl groups is 1. The van der Waals surface area contributed by atoms with E-state index in [4.69, 9.17) is 5.26 Å². The van der Waals surface area contributed by atoms with Crippen LogP contribution in [0, 0.1) is 17.2 Å². The van der Waals surface area contributed by atoms with Gasteiger partial charge in [0.1, 0.15) is 0 Å². The van der Waals surface area contributed by atoms with Crippen molar-refractivity contribution in [3.05, 3.63) is 0 Å². The van der Waals surface area contributed by atoms with Crippen LogP contribution in [-0.4, -0.2) is 23.8 Å². The van der Waals surface area contributed by atoms with Crippen LogP contribution in [0.2, 0.25) is 0 Å². The summed E-state index contributed by atoms with van der Waals surface area (Å²) in [6.45, 7) is 3.05. The second-order valence-electron chi connectivity index (χ2n) is 4.21. The molecule has 3 nitrogen and oxygen atoms in total. The fourth-order valence-electron chi connectivity index (χ4n) is 2.04. The lowest BCUT2D eigenvalue weighted by molar-refractivity contribution is 0.177. The molecule has 1 aliphatic carbocycles. The number of hydrogen-bond donors (Lipinski definition) is 2. The molecule has 0 heterocycles. The summed E-state index contributed by atoms with van der Waals surface area (Å²) >= 11 is 0. The van der Waals surface area contributed by atoms with Gasteiger partial charge in [-0.15, -0.1) is 0 Å². The van der Waals surface area contributed by atoms with Crippen LogP contribution in [0.5, 0.6) is 0 Å². The fourth-order valence-corrected chi connectivity index (χ4v) is 2.04. The highest BCUT2D eigenvalue weighted by Crippen LogP contribution is 2.24. The zero-order valence-electron chi connectivity index (χ0n) is 8.87. The lowest BCUT2D eigenvalue weighted by Gasteiger charge is -2.16. The summed E-state index contributed by atoms with van der Waals surface area (Å²) in [4.78, 5) is 0. The molecule has 80 valence electrons. The zero-order chi connectivity index (χ0) is 10.4. The standard InChI is InChI=1S/C11H20N2O/c1-2-10(5-6-12)13-8-9-3-4-11(14)7-9/h9-11,13-14H,2-5,7-8H2,1H3. The highest BCUT2D eigenvalue weighted by Gasteiger charge is 2.22. The van der Waals surface area contributed by atoms with Gasteiger partial charge < -0.3 is 10.4 Å². The van der Waals surface area contributed by atoms with Gasteiger partial charge in [0.15, 0.2) is 0 Å². The Morgan fingerprint density at radius 1 is 1.57 bits per heavy atom. The number of nitrogens with zero attached hydrogens (tertiary/aromatic N) is 1. The summed E-state index contributed by atoms with van der Waals surface area (Å²) in [7, 11) is 0. The van der Waals surface area contributed by atoms with Gasteiger partial charge in [-0.25, -0.2) is 0 Å². The SMILES string of the molecule is CCC(CC#N)NCC1CCC(O)C1. The van der Waals surface area contributed by atoms with Gasteiger partial charge in [-0.1, -0.05) is 6.92 Å². The summed E-state index contributed by atoms with van der Waals surface area (Å²) < 4.78 is 0. The van der Waals surface area contributed by atoms with Crippen LogP contribution in [0.25, 0.3) is 0 Å². The molecule has 3 atom stereocenters. The Bertz CT molecular complexity index is 200. The van der Waals surface area contributed by atoms with E-state index in [1.165, 1.54) is 0 Å². The molecule has 0 aromatic heterocycles. The first-order valence-electron chi connectivity index (χ1n) is 5.54. The summed E-state index contributed by atoms with van der Waals surface area (Å²) in [6.07, 6.45) is 4.50. The van der Waals surface area contributed by atoms with Crippen LogP contribution in [0.4, 0.5) is 0 Å². The summed E-state index contributed by atoms with van der Waals surface area (Å²) in [5, 5.41) is 21.3. The zero-order valence-corrected chi connectivity index (χ0v) is 8.87. The Labute approximate surface area is 86.1 Å². The first-order chi connectivity index (χ1) is 6.76. The van der Waals surface area contributed by atoms with E-state index in [1.807, 2.05) is 0 Å². The van der Waals surface area contributed by atoms with Gasteiger partial charge in [-0.3, -0.25) is 0 Å². The lowest BCUT2D eigenvalue weighted by Crippen LogP contribution is -2.32. The Kier molecular flexibility index (Phi) is 4.92. The highest BCUT2D eigenvalue weighted by atomic mass is 16.3. The van der Waals surface area contributed by atoms with E-state index in [0.29, 0.717) is 18.4 Å². The summed E-state index contributed by atoms with van der Waals surface area (Å²) in [5.41, 5.74) is 0. The quantitative estimate of drug-likeness (QED) is 0.699. The molecule has 0 radical (unpaired) electrons. The smallest absolute Gasteiger partial charge is 0.0638 e. The monoisotopic (exact) mass is 196 g/mol. The van der Waals surface area contributed by atoms with Crippen LogP contribution in [-0.2, 0) is 0 Å². The van der Waals surface area contributed by atoms with Crippen molar-refractivity contribution in [1.29, 1.82) is 5.26 Å². The van der Waals surface area contributed by atoms with Gasteiger partial charge in [0.25, 0.3) is 0 Å². The molecule has 0 aliphatic heterocycles. The first kappa shape index (κ1) is 11.5. The Morgan fingerprint density at radius 3 is 2.86 bits per heavy atom. The molecule has 1 saturated carbocycles. The minimum Gasteiger partial charge on any atom is -0.393 e. The van der Waals surface area contributed by atoms with Crippen LogP contribution in [0.15, 0.2) is 0 Å². The number of hydrogen-bond acceptors (Lipinski definition) is 3.